The Labute approximate surface area is 102 Å². The van der Waals surface area contributed by atoms with Crippen molar-refractivity contribution in [1.82, 2.24) is 10.2 Å². The Morgan fingerprint density at radius 2 is 2.12 bits per heavy atom. The highest BCUT2D eigenvalue weighted by Gasteiger charge is 2.28. The maximum Gasteiger partial charge on any atom is 0.407 e. The van der Waals surface area contributed by atoms with E-state index in [9.17, 15) is 9.18 Å². The summed E-state index contributed by atoms with van der Waals surface area (Å²) in [4.78, 5) is 13.6. The zero-order valence-electron chi connectivity index (χ0n) is 11.1. The summed E-state index contributed by atoms with van der Waals surface area (Å²) in [6, 6.07) is -0.159. The Balaban J connectivity index is 2.42. The molecule has 5 heteroatoms. The molecule has 1 heterocycles. The summed E-state index contributed by atoms with van der Waals surface area (Å²) in [5.41, 5.74) is -0.516. The van der Waals surface area contributed by atoms with Gasteiger partial charge in [-0.2, -0.15) is 0 Å². The van der Waals surface area contributed by atoms with Crippen molar-refractivity contribution in [2.45, 2.75) is 51.9 Å². The van der Waals surface area contributed by atoms with E-state index >= 15 is 0 Å². The lowest BCUT2D eigenvalue weighted by molar-refractivity contribution is 0.0435. The summed E-state index contributed by atoms with van der Waals surface area (Å²) < 4.78 is 18.6. The quantitative estimate of drug-likeness (QED) is 0.809. The molecule has 4 nitrogen and oxygen atoms in total. The molecule has 1 aliphatic rings. The SMILES string of the molecule is CCN1C[C@@H](F)C[C@@H](NC(=O)OC(C)(C)C)C1. The summed E-state index contributed by atoms with van der Waals surface area (Å²) in [7, 11) is 0. The topological polar surface area (TPSA) is 41.6 Å². The van der Waals surface area contributed by atoms with Gasteiger partial charge in [-0.1, -0.05) is 6.92 Å². The van der Waals surface area contributed by atoms with Crippen molar-refractivity contribution in [3.05, 3.63) is 0 Å². The van der Waals surface area contributed by atoms with Crippen LogP contribution in [-0.2, 0) is 4.74 Å². The van der Waals surface area contributed by atoms with Crippen LogP contribution < -0.4 is 5.32 Å². The zero-order chi connectivity index (χ0) is 13.1. The Bertz CT molecular complexity index is 266. The molecule has 0 spiro atoms. The first-order valence-corrected chi connectivity index (χ1v) is 6.16. The predicted octanol–water partition coefficient (Wildman–Crippen LogP) is 1.94. The predicted molar refractivity (Wildman–Crippen MR) is 64.8 cm³/mol. The van der Waals surface area contributed by atoms with Crippen LogP contribution in [-0.4, -0.2) is 48.4 Å². The Kier molecular flexibility index (Phi) is 4.74. The molecule has 2 atom stereocenters. The van der Waals surface area contributed by atoms with E-state index in [4.69, 9.17) is 4.74 Å². The van der Waals surface area contributed by atoms with Crippen molar-refractivity contribution in [3.63, 3.8) is 0 Å². The molecule has 100 valence electrons. The van der Waals surface area contributed by atoms with Crippen molar-refractivity contribution in [3.8, 4) is 0 Å². The number of rotatable bonds is 2. The van der Waals surface area contributed by atoms with Crippen molar-refractivity contribution >= 4 is 6.09 Å². The summed E-state index contributed by atoms with van der Waals surface area (Å²) in [5.74, 6) is 0. The molecule has 1 rings (SSSR count). The molecule has 1 amide bonds. The Morgan fingerprint density at radius 1 is 1.47 bits per heavy atom. The van der Waals surface area contributed by atoms with Gasteiger partial charge in [0.25, 0.3) is 0 Å². The molecule has 1 aliphatic heterocycles. The van der Waals surface area contributed by atoms with Gasteiger partial charge in [0.05, 0.1) is 0 Å². The van der Waals surface area contributed by atoms with Gasteiger partial charge in [0.1, 0.15) is 11.8 Å². The lowest BCUT2D eigenvalue weighted by Gasteiger charge is -2.34. The molecule has 0 aromatic heterocycles. The number of carbonyl (C=O) groups excluding carboxylic acids is 1. The van der Waals surface area contributed by atoms with Gasteiger partial charge in [-0.25, -0.2) is 9.18 Å². The third-order valence-electron chi connectivity index (χ3n) is 2.64. The molecule has 0 aromatic rings. The molecule has 0 aliphatic carbocycles. The molecule has 0 saturated carbocycles. The van der Waals surface area contributed by atoms with Gasteiger partial charge < -0.3 is 10.1 Å². The maximum atomic E-state index is 13.4. The molecular weight excluding hydrogens is 223 g/mol. The van der Waals surface area contributed by atoms with Crippen LogP contribution in [0.3, 0.4) is 0 Å². The van der Waals surface area contributed by atoms with Crippen LogP contribution >= 0.6 is 0 Å². The fourth-order valence-corrected chi connectivity index (χ4v) is 1.96. The summed E-state index contributed by atoms with van der Waals surface area (Å²) in [6.45, 7) is 9.37. The van der Waals surface area contributed by atoms with E-state index in [0.29, 0.717) is 19.5 Å². The molecule has 1 fully saturated rings. The number of carbonyl (C=O) groups is 1. The fourth-order valence-electron chi connectivity index (χ4n) is 1.96. The third-order valence-corrected chi connectivity index (χ3v) is 2.64. The standard InChI is InChI=1S/C12H23FN2O2/c1-5-15-7-9(13)6-10(8-15)14-11(16)17-12(2,3)4/h9-10H,5-8H2,1-4H3,(H,14,16)/t9-,10+/m0/s1. The molecule has 0 aromatic carbocycles. The fraction of sp³-hybridized carbons (Fsp3) is 0.917. The first-order valence-electron chi connectivity index (χ1n) is 6.16. The number of alkyl carbamates (subject to hydrolysis) is 1. The monoisotopic (exact) mass is 246 g/mol. The minimum absolute atomic E-state index is 0.159. The Morgan fingerprint density at radius 3 is 2.65 bits per heavy atom. The third kappa shape index (κ3) is 5.35. The van der Waals surface area contributed by atoms with Crippen LogP contribution in [0.4, 0.5) is 9.18 Å². The van der Waals surface area contributed by atoms with Crippen LogP contribution in [0.2, 0.25) is 0 Å². The van der Waals surface area contributed by atoms with E-state index in [2.05, 4.69) is 5.32 Å². The highest BCUT2D eigenvalue weighted by Crippen LogP contribution is 2.14. The van der Waals surface area contributed by atoms with Crippen molar-refractivity contribution in [1.29, 1.82) is 0 Å². The highest BCUT2D eigenvalue weighted by atomic mass is 19.1. The summed E-state index contributed by atoms with van der Waals surface area (Å²) in [6.07, 6.45) is -0.966. The number of halogens is 1. The van der Waals surface area contributed by atoms with E-state index in [0.717, 1.165) is 6.54 Å². The highest BCUT2D eigenvalue weighted by molar-refractivity contribution is 5.68. The van der Waals surface area contributed by atoms with Gasteiger partial charge in [0.15, 0.2) is 0 Å². The number of hydrogen-bond acceptors (Lipinski definition) is 3. The van der Waals surface area contributed by atoms with E-state index in [1.807, 2.05) is 32.6 Å². The van der Waals surface area contributed by atoms with E-state index in [1.165, 1.54) is 0 Å². The van der Waals surface area contributed by atoms with Crippen molar-refractivity contribution in [2.24, 2.45) is 0 Å². The minimum Gasteiger partial charge on any atom is -0.444 e. The molecular formula is C12H23FN2O2. The molecule has 0 radical (unpaired) electrons. The number of piperidine rings is 1. The second-order valence-corrected chi connectivity index (χ2v) is 5.53. The maximum absolute atomic E-state index is 13.4. The largest absolute Gasteiger partial charge is 0.444 e. The first kappa shape index (κ1) is 14.2. The van der Waals surface area contributed by atoms with Gasteiger partial charge in [-0.15, -0.1) is 0 Å². The van der Waals surface area contributed by atoms with E-state index in [-0.39, 0.29) is 6.04 Å². The van der Waals surface area contributed by atoms with Gasteiger partial charge in [0, 0.05) is 25.6 Å². The number of nitrogens with zero attached hydrogens (tertiary/aromatic N) is 1. The van der Waals surface area contributed by atoms with Gasteiger partial charge in [0.2, 0.25) is 0 Å². The first-order chi connectivity index (χ1) is 7.80. The molecule has 17 heavy (non-hydrogen) atoms. The van der Waals surface area contributed by atoms with E-state index in [1.54, 1.807) is 0 Å². The number of amides is 1. The number of nitrogens with one attached hydrogen (secondary N) is 1. The average Bonchev–Trinajstić information content (AvgIpc) is 2.13. The van der Waals surface area contributed by atoms with Crippen LogP contribution in [0.25, 0.3) is 0 Å². The second kappa shape index (κ2) is 5.67. The zero-order valence-corrected chi connectivity index (χ0v) is 11.1. The van der Waals surface area contributed by atoms with E-state index < -0.39 is 17.9 Å². The van der Waals surface area contributed by atoms with Gasteiger partial charge >= 0.3 is 6.09 Å². The number of hydrogen-bond donors (Lipinski definition) is 1. The molecule has 0 bridgehead atoms. The van der Waals surface area contributed by atoms with Crippen molar-refractivity contribution in [2.75, 3.05) is 19.6 Å². The van der Waals surface area contributed by atoms with Gasteiger partial charge in [-0.3, -0.25) is 4.90 Å². The lowest BCUT2D eigenvalue weighted by Crippen LogP contribution is -2.52. The number of likely N-dealkylation sites (tertiary alicyclic amines) is 1. The number of ether oxygens (including phenoxy) is 1. The summed E-state index contributed by atoms with van der Waals surface area (Å²) >= 11 is 0. The minimum atomic E-state index is -0.872. The number of likely N-dealkylation sites (N-methyl/N-ethyl adjacent to an activating group) is 1. The average molecular weight is 246 g/mol. The second-order valence-electron chi connectivity index (χ2n) is 5.53. The van der Waals surface area contributed by atoms with Crippen molar-refractivity contribution < 1.29 is 13.9 Å². The van der Waals surface area contributed by atoms with Crippen LogP contribution in [0.15, 0.2) is 0 Å². The van der Waals surface area contributed by atoms with Crippen LogP contribution in [0.5, 0.6) is 0 Å². The van der Waals surface area contributed by atoms with Crippen LogP contribution in [0.1, 0.15) is 34.1 Å². The normalized spacial score (nSPS) is 26.6. The smallest absolute Gasteiger partial charge is 0.407 e. The summed E-state index contributed by atoms with van der Waals surface area (Å²) in [5, 5.41) is 2.73. The van der Waals surface area contributed by atoms with Crippen LogP contribution in [0, 0.1) is 0 Å². The number of alkyl halides is 1. The molecule has 1 N–H and O–H groups in total. The van der Waals surface area contributed by atoms with Gasteiger partial charge in [-0.05, 0) is 27.3 Å². The Hall–Kier alpha value is -0.840. The molecule has 0 unspecified atom stereocenters. The molecule has 1 saturated heterocycles. The lowest BCUT2D eigenvalue weighted by atomic mass is 10.0.